The minimum absolute atomic E-state index is 0.136. The molecule has 0 fully saturated rings. The number of aromatic nitrogens is 1. The van der Waals surface area contributed by atoms with Crippen LogP contribution >= 0.6 is 0 Å². The molecule has 7 rings (SSSR count). The van der Waals surface area contributed by atoms with Gasteiger partial charge in [0, 0.05) is 23.8 Å². The third-order valence-corrected chi connectivity index (χ3v) is 7.24. The largest absolute Gasteiger partial charge is 0.493 e. The SMILES string of the molecule is COc1ccc2c(CC3COc4ccccc4O3)c3[n+](cc2c1OC)CCc1cc2c(cc1-3)OCO2. The summed E-state index contributed by atoms with van der Waals surface area (Å²) in [6, 6.07) is 16.2. The lowest BCUT2D eigenvalue weighted by Gasteiger charge is -2.28. The quantitative estimate of drug-likeness (QED) is 0.398. The van der Waals surface area contributed by atoms with Crippen molar-refractivity contribution in [2.45, 2.75) is 25.5 Å². The van der Waals surface area contributed by atoms with Gasteiger partial charge in [0.15, 0.2) is 47.2 Å². The summed E-state index contributed by atoms with van der Waals surface area (Å²) in [7, 11) is 3.35. The molecule has 0 N–H and O–H groups in total. The highest BCUT2D eigenvalue weighted by Crippen LogP contribution is 2.44. The van der Waals surface area contributed by atoms with Crippen molar-refractivity contribution in [1.29, 1.82) is 0 Å². The number of methoxy groups -OCH3 is 2. The van der Waals surface area contributed by atoms with Gasteiger partial charge >= 0.3 is 0 Å². The van der Waals surface area contributed by atoms with Crippen LogP contribution in [0.25, 0.3) is 22.0 Å². The maximum Gasteiger partial charge on any atom is 0.231 e. The Bertz CT molecular complexity index is 1510. The van der Waals surface area contributed by atoms with Crippen LogP contribution in [0, 0.1) is 0 Å². The van der Waals surface area contributed by atoms with Crippen molar-refractivity contribution in [2.24, 2.45) is 0 Å². The van der Waals surface area contributed by atoms with E-state index in [-0.39, 0.29) is 12.9 Å². The third-order valence-electron chi connectivity index (χ3n) is 7.24. The molecule has 3 aliphatic rings. The molecular weight excluding hydrogens is 458 g/mol. The molecule has 0 bridgehead atoms. The Morgan fingerprint density at radius 1 is 0.889 bits per heavy atom. The van der Waals surface area contributed by atoms with E-state index in [2.05, 4.69) is 29.0 Å². The van der Waals surface area contributed by atoms with Gasteiger partial charge in [-0.1, -0.05) is 12.1 Å². The number of hydrogen-bond acceptors (Lipinski definition) is 6. The van der Waals surface area contributed by atoms with Crippen molar-refractivity contribution in [2.75, 3.05) is 27.6 Å². The molecule has 3 aromatic carbocycles. The number of nitrogens with zero attached hydrogens (tertiary/aromatic N) is 1. The van der Waals surface area contributed by atoms with Crippen molar-refractivity contribution >= 4 is 10.8 Å². The van der Waals surface area contributed by atoms with Crippen LogP contribution in [0.3, 0.4) is 0 Å². The normalized spacial score (nSPS) is 16.9. The van der Waals surface area contributed by atoms with E-state index in [0.29, 0.717) is 18.8 Å². The molecule has 0 saturated heterocycles. The number of aryl methyl sites for hydroxylation is 2. The van der Waals surface area contributed by atoms with Gasteiger partial charge in [-0.05, 0) is 42.0 Å². The number of para-hydroxylation sites is 2. The summed E-state index contributed by atoms with van der Waals surface area (Å²) in [5.41, 5.74) is 4.76. The van der Waals surface area contributed by atoms with E-state index >= 15 is 0 Å². The molecule has 4 heterocycles. The third kappa shape index (κ3) is 3.22. The van der Waals surface area contributed by atoms with Gasteiger partial charge in [-0.2, -0.15) is 4.57 Å². The van der Waals surface area contributed by atoms with Crippen LogP contribution in [0.1, 0.15) is 11.1 Å². The Hall–Kier alpha value is -4.13. The van der Waals surface area contributed by atoms with Crippen LogP contribution in [0.5, 0.6) is 34.5 Å². The molecule has 7 nitrogen and oxygen atoms in total. The number of ether oxygens (including phenoxy) is 6. The summed E-state index contributed by atoms with van der Waals surface area (Å²) in [6.07, 6.45) is 3.61. The molecule has 0 amide bonds. The number of fused-ring (bicyclic) bond motifs is 6. The predicted octanol–water partition coefficient (Wildman–Crippen LogP) is 4.48. The van der Waals surface area contributed by atoms with E-state index in [0.717, 1.165) is 63.7 Å². The van der Waals surface area contributed by atoms with Crippen LogP contribution in [0.2, 0.25) is 0 Å². The Morgan fingerprint density at radius 3 is 2.56 bits per heavy atom. The Morgan fingerprint density at radius 2 is 1.72 bits per heavy atom. The van der Waals surface area contributed by atoms with E-state index in [1.807, 2.05) is 30.3 Å². The van der Waals surface area contributed by atoms with Gasteiger partial charge in [0.25, 0.3) is 0 Å². The number of hydrogen-bond donors (Lipinski definition) is 0. The lowest BCUT2D eigenvalue weighted by atomic mass is 9.89. The van der Waals surface area contributed by atoms with Crippen molar-refractivity contribution in [3.8, 4) is 45.8 Å². The Balaban J connectivity index is 1.43. The van der Waals surface area contributed by atoms with Gasteiger partial charge in [-0.25, -0.2) is 0 Å². The summed E-state index contributed by atoms with van der Waals surface area (Å²) in [5, 5.41) is 2.11. The first-order valence-corrected chi connectivity index (χ1v) is 12.1. The fourth-order valence-electron chi connectivity index (χ4n) is 5.61. The van der Waals surface area contributed by atoms with E-state index < -0.39 is 0 Å². The van der Waals surface area contributed by atoms with Gasteiger partial charge in [-0.15, -0.1) is 0 Å². The minimum atomic E-state index is -0.136. The molecule has 0 spiro atoms. The first kappa shape index (κ1) is 21.2. The van der Waals surface area contributed by atoms with Gasteiger partial charge < -0.3 is 28.4 Å². The molecule has 1 unspecified atom stereocenters. The highest BCUT2D eigenvalue weighted by Gasteiger charge is 2.34. The van der Waals surface area contributed by atoms with Crippen molar-refractivity contribution in [1.82, 2.24) is 0 Å². The lowest BCUT2D eigenvalue weighted by Crippen LogP contribution is -2.42. The average Bonchev–Trinajstić information content (AvgIpc) is 3.38. The summed E-state index contributed by atoms with van der Waals surface area (Å²) >= 11 is 0. The Labute approximate surface area is 208 Å². The van der Waals surface area contributed by atoms with Crippen molar-refractivity contribution in [3.63, 3.8) is 0 Å². The maximum absolute atomic E-state index is 6.40. The van der Waals surface area contributed by atoms with Crippen LogP contribution < -0.4 is 33.0 Å². The van der Waals surface area contributed by atoms with Crippen LogP contribution in [-0.4, -0.2) is 33.7 Å². The number of pyridine rings is 1. The summed E-state index contributed by atoms with van der Waals surface area (Å²) in [6.45, 7) is 1.58. The number of rotatable bonds is 4. The summed E-state index contributed by atoms with van der Waals surface area (Å²) < 4.78 is 37.7. The fraction of sp³-hybridized carbons (Fsp3) is 0.276. The first-order valence-electron chi connectivity index (χ1n) is 12.1. The molecule has 1 atom stereocenters. The molecule has 182 valence electrons. The first-order chi connectivity index (χ1) is 17.7. The van der Waals surface area contributed by atoms with Crippen LogP contribution in [0.15, 0.2) is 54.7 Å². The molecule has 3 aliphatic heterocycles. The monoisotopic (exact) mass is 484 g/mol. The molecule has 0 aliphatic carbocycles. The maximum atomic E-state index is 6.40. The van der Waals surface area contributed by atoms with E-state index in [4.69, 9.17) is 28.4 Å². The van der Waals surface area contributed by atoms with Gasteiger partial charge in [0.1, 0.15) is 12.7 Å². The zero-order valence-electron chi connectivity index (χ0n) is 20.2. The predicted molar refractivity (Wildman–Crippen MR) is 133 cm³/mol. The molecule has 4 aromatic rings. The van der Waals surface area contributed by atoms with E-state index in [1.165, 1.54) is 11.1 Å². The summed E-state index contributed by atoms with van der Waals surface area (Å²) in [5.74, 6) is 4.60. The second-order valence-corrected chi connectivity index (χ2v) is 9.23. The zero-order valence-corrected chi connectivity index (χ0v) is 20.2. The van der Waals surface area contributed by atoms with Crippen LogP contribution in [0.4, 0.5) is 0 Å². The van der Waals surface area contributed by atoms with Gasteiger partial charge in [-0.3, -0.25) is 0 Å². The molecule has 0 radical (unpaired) electrons. The van der Waals surface area contributed by atoms with Gasteiger partial charge in [0.2, 0.25) is 12.5 Å². The molecule has 36 heavy (non-hydrogen) atoms. The highest BCUT2D eigenvalue weighted by molar-refractivity contribution is 5.95. The lowest BCUT2D eigenvalue weighted by molar-refractivity contribution is -0.686. The molecule has 1 aromatic heterocycles. The van der Waals surface area contributed by atoms with Crippen LogP contribution in [-0.2, 0) is 19.4 Å². The van der Waals surface area contributed by atoms with E-state index in [9.17, 15) is 0 Å². The smallest absolute Gasteiger partial charge is 0.231 e. The number of benzene rings is 3. The fourth-order valence-corrected chi connectivity index (χ4v) is 5.61. The minimum Gasteiger partial charge on any atom is -0.493 e. The molecule has 7 heteroatoms. The average molecular weight is 485 g/mol. The highest BCUT2D eigenvalue weighted by atomic mass is 16.7. The topological polar surface area (TPSA) is 59.3 Å². The summed E-state index contributed by atoms with van der Waals surface area (Å²) in [4.78, 5) is 0. The van der Waals surface area contributed by atoms with Gasteiger partial charge in [0.05, 0.1) is 25.2 Å². The zero-order chi connectivity index (χ0) is 24.2. The van der Waals surface area contributed by atoms with Crippen molar-refractivity contribution < 1.29 is 33.0 Å². The van der Waals surface area contributed by atoms with E-state index in [1.54, 1.807) is 14.2 Å². The Kier molecular flexibility index (Phi) is 4.84. The standard InChI is InChI=1S/C29H26NO6/c1-31-25-8-7-19-21(12-18-15-33-23-5-3-4-6-24(23)36-18)28-20-13-27-26(34-16-35-27)11-17(20)9-10-30(28)14-22(19)29(25)32-2/h3-8,11,13-14,18H,9-10,12,15-16H2,1-2H3/q+1. The second-order valence-electron chi connectivity index (χ2n) is 9.23. The van der Waals surface area contributed by atoms with Crippen molar-refractivity contribution in [3.05, 3.63) is 65.9 Å². The second kappa shape index (κ2) is 8.22. The molecule has 0 saturated carbocycles. The molecular formula is C29H26NO6+.